The molecule has 2 aromatic carbocycles. The lowest BCUT2D eigenvalue weighted by molar-refractivity contribution is -0.147. The van der Waals surface area contributed by atoms with Gasteiger partial charge in [0.25, 0.3) is 0 Å². The Hall–Kier alpha value is -2.49. The van der Waals surface area contributed by atoms with Gasteiger partial charge in [0.05, 0.1) is 6.54 Å². The molecule has 1 heterocycles. The molecule has 1 unspecified atom stereocenters. The smallest absolute Gasteiger partial charge is 0.410 e. The molecule has 3 rings (SSSR count). The Morgan fingerprint density at radius 1 is 0.966 bits per heavy atom. The number of ether oxygens (including phenoxy) is 2. The summed E-state index contributed by atoms with van der Waals surface area (Å²) >= 11 is 0. The Balaban J connectivity index is 1.67. The fraction of sp³-hybridized carbons (Fsp3) is 0.381. The topological polar surface area (TPSA) is 120 Å². The summed E-state index contributed by atoms with van der Waals surface area (Å²) in [6, 6.07) is 18.4. The van der Waals surface area contributed by atoms with E-state index < -0.39 is 36.8 Å². The molecule has 5 atom stereocenters. The predicted molar refractivity (Wildman–Crippen MR) is 102 cm³/mol. The normalized spacial score (nSPS) is 24.8. The van der Waals surface area contributed by atoms with Crippen molar-refractivity contribution in [2.24, 2.45) is 0 Å². The molecular weight excluding hydrogens is 378 g/mol. The summed E-state index contributed by atoms with van der Waals surface area (Å²) in [5, 5.41) is 39.6. The third kappa shape index (κ3) is 5.53. The van der Waals surface area contributed by atoms with Crippen LogP contribution in [0.2, 0.25) is 0 Å². The van der Waals surface area contributed by atoms with Gasteiger partial charge in [0.2, 0.25) is 0 Å². The van der Waals surface area contributed by atoms with Crippen LogP contribution in [0.15, 0.2) is 60.7 Å². The van der Waals surface area contributed by atoms with E-state index in [1.165, 1.54) is 4.90 Å². The zero-order chi connectivity index (χ0) is 20.8. The molecule has 156 valence electrons. The Bertz CT molecular complexity index is 773. The summed E-state index contributed by atoms with van der Waals surface area (Å²) < 4.78 is 10.4. The van der Waals surface area contributed by atoms with Gasteiger partial charge in [-0.3, -0.25) is 0 Å². The van der Waals surface area contributed by atoms with E-state index in [0.717, 1.165) is 11.1 Å². The molecule has 4 N–H and O–H groups in total. The highest BCUT2D eigenvalue weighted by Crippen LogP contribution is 2.23. The molecule has 1 amide bonds. The van der Waals surface area contributed by atoms with Crippen molar-refractivity contribution < 1.29 is 34.7 Å². The largest absolute Gasteiger partial charge is 0.445 e. The summed E-state index contributed by atoms with van der Waals surface area (Å²) in [6.45, 7) is 0.0180. The molecule has 0 spiro atoms. The zero-order valence-corrected chi connectivity index (χ0v) is 15.7. The molecule has 0 bridgehead atoms. The molecule has 8 nitrogen and oxygen atoms in total. The van der Waals surface area contributed by atoms with E-state index in [1.807, 2.05) is 60.7 Å². The minimum absolute atomic E-state index is 0.0705. The Labute approximate surface area is 168 Å². The number of hydrogen-bond donors (Lipinski definition) is 4. The van der Waals surface area contributed by atoms with Crippen molar-refractivity contribution in [3.05, 3.63) is 71.8 Å². The Morgan fingerprint density at radius 3 is 2.10 bits per heavy atom. The van der Waals surface area contributed by atoms with Crippen molar-refractivity contribution in [1.29, 1.82) is 0 Å². The van der Waals surface area contributed by atoms with Crippen molar-refractivity contribution in [3.8, 4) is 0 Å². The van der Waals surface area contributed by atoms with E-state index in [4.69, 9.17) is 9.47 Å². The standard InChI is InChI=1S/C21H25NO7/c23-16(19-17(24)18(25)20(26)29-19)12-22(11-14-7-3-1-4-8-14)21(27)28-13-15-9-5-2-6-10-15/h1-10,16-20,23-26H,11-13H2/t16-,17-,18-,19-,20?/m1/s1. The van der Waals surface area contributed by atoms with Gasteiger partial charge in [-0.05, 0) is 11.1 Å². The third-order valence-electron chi connectivity index (χ3n) is 4.74. The first kappa shape index (κ1) is 21.2. The van der Waals surface area contributed by atoms with Crippen LogP contribution in [0, 0.1) is 0 Å². The second kappa shape index (κ2) is 9.82. The number of nitrogens with zero attached hydrogens (tertiary/aromatic N) is 1. The van der Waals surface area contributed by atoms with Crippen molar-refractivity contribution in [3.63, 3.8) is 0 Å². The molecule has 8 heteroatoms. The molecule has 0 aliphatic carbocycles. The highest BCUT2D eigenvalue weighted by molar-refractivity contribution is 5.67. The molecule has 1 saturated heterocycles. The monoisotopic (exact) mass is 403 g/mol. The van der Waals surface area contributed by atoms with E-state index in [1.54, 1.807) is 0 Å². The van der Waals surface area contributed by atoms with E-state index in [0.29, 0.717) is 0 Å². The SMILES string of the molecule is O=C(OCc1ccccc1)N(Cc1ccccc1)C[C@@H](O)[C@H]1OC(O)[C@H](O)[C@H]1O. The maximum absolute atomic E-state index is 12.7. The number of aliphatic hydroxyl groups is 4. The first-order valence-corrected chi connectivity index (χ1v) is 9.33. The van der Waals surface area contributed by atoms with Crippen molar-refractivity contribution in [1.82, 2.24) is 4.90 Å². The van der Waals surface area contributed by atoms with Crippen LogP contribution >= 0.6 is 0 Å². The molecule has 0 aromatic heterocycles. The van der Waals surface area contributed by atoms with Gasteiger partial charge in [-0.25, -0.2) is 4.79 Å². The fourth-order valence-electron chi connectivity index (χ4n) is 3.15. The Kier molecular flexibility index (Phi) is 7.18. The van der Waals surface area contributed by atoms with Crippen LogP contribution in [0.25, 0.3) is 0 Å². The lowest BCUT2D eigenvalue weighted by atomic mass is 10.1. The Morgan fingerprint density at radius 2 is 1.55 bits per heavy atom. The number of hydrogen-bond acceptors (Lipinski definition) is 7. The summed E-state index contributed by atoms with van der Waals surface area (Å²) in [4.78, 5) is 14.0. The highest BCUT2D eigenvalue weighted by Gasteiger charge is 2.45. The maximum atomic E-state index is 12.7. The average molecular weight is 403 g/mol. The second-order valence-electron chi connectivity index (χ2n) is 6.95. The average Bonchev–Trinajstić information content (AvgIpc) is 3.00. The zero-order valence-electron chi connectivity index (χ0n) is 15.7. The van der Waals surface area contributed by atoms with Crippen molar-refractivity contribution in [2.45, 2.75) is 43.9 Å². The van der Waals surface area contributed by atoms with E-state index in [9.17, 15) is 25.2 Å². The summed E-state index contributed by atoms with van der Waals surface area (Å²) in [5.74, 6) is 0. The van der Waals surface area contributed by atoms with Gasteiger partial charge in [-0.15, -0.1) is 0 Å². The first-order valence-electron chi connectivity index (χ1n) is 9.33. The first-order chi connectivity index (χ1) is 14.0. The van der Waals surface area contributed by atoms with Gasteiger partial charge >= 0.3 is 6.09 Å². The minimum Gasteiger partial charge on any atom is -0.445 e. The van der Waals surface area contributed by atoms with Gasteiger partial charge in [-0.1, -0.05) is 60.7 Å². The van der Waals surface area contributed by atoms with Crippen LogP contribution in [-0.2, 0) is 22.6 Å². The van der Waals surface area contributed by atoms with Crippen LogP contribution in [0.3, 0.4) is 0 Å². The third-order valence-corrected chi connectivity index (χ3v) is 4.74. The summed E-state index contributed by atoms with van der Waals surface area (Å²) in [7, 11) is 0. The number of carbonyl (C=O) groups excluding carboxylic acids is 1. The summed E-state index contributed by atoms with van der Waals surface area (Å²) in [6.07, 6.45) is -7.83. The quantitative estimate of drug-likeness (QED) is 0.535. The molecule has 1 aliphatic rings. The van der Waals surface area contributed by atoms with E-state index >= 15 is 0 Å². The van der Waals surface area contributed by atoms with E-state index in [-0.39, 0.29) is 19.7 Å². The second-order valence-corrected chi connectivity index (χ2v) is 6.95. The molecular formula is C21H25NO7. The number of carbonyl (C=O) groups is 1. The molecule has 0 radical (unpaired) electrons. The maximum Gasteiger partial charge on any atom is 0.410 e. The van der Waals surface area contributed by atoms with E-state index in [2.05, 4.69) is 0 Å². The van der Waals surface area contributed by atoms with Crippen molar-refractivity contribution >= 4 is 6.09 Å². The van der Waals surface area contributed by atoms with Gasteiger partial charge < -0.3 is 34.8 Å². The minimum atomic E-state index is -1.60. The fourth-order valence-corrected chi connectivity index (χ4v) is 3.15. The van der Waals surface area contributed by atoms with Crippen LogP contribution in [0.1, 0.15) is 11.1 Å². The van der Waals surface area contributed by atoms with Crippen LogP contribution in [0.5, 0.6) is 0 Å². The lowest BCUT2D eigenvalue weighted by Gasteiger charge is -2.28. The van der Waals surface area contributed by atoms with Crippen LogP contribution < -0.4 is 0 Å². The van der Waals surface area contributed by atoms with Gasteiger partial charge in [-0.2, -0.15) is 0 Å². The molecule has 1 aliphatic heterocycles. The molecule has 2 aromatic rings. The lowest BCUT2D eigenvalue weighted by Crippen LogP contribution is -2.46. The molecule has 29 heavy (non-hydrogen) atoms. The van der Waals surface area contributed by atoms with Crippen LogP contribution in [-0.4, -0.2) is 68.7 Å². The molecule has 0 saturated carbocycles. The predicted octanol–water partition coefficient (Wildman–Crippen LogP) is 0.625. The van der Waals surface area contributed by atoms with Gasteiger partial charge in [0, 0.05) is 6.54 Å². The van der Waals surface area contributed by atoms with Gasteiger partial charge in [0.15, 0.2) is 6.29 Å². The van der Waals surface area contributed by atoms with Crippen molar-refractivity contribution in [2.75, 3.05) is 6.54 Å². The number of rotatable bonds is 7. The number of aliphatic hydroxyl groups excluding tert-OH is 4. The number of amides is 1. The summed E-state index contributed by atoms with van der Waals surface area (Å²) in [5.41, 5.74) is 1.64. The van der Waals surface area contributed by atoms with Gasteiger partial charge in [0.1, 0.15) is 31.0 Å². The number of benzene rings is 2. The highest BCUT2D eigenvalue weighted by atomic mass is 16.6. The van der Waals surface area contributed by atoms with Crippen LogP contribution in [0.4, 0.5) is 4.79 Å². The molecule has 1 fully saturated rings.